The molecule has 1 aliphatic heterocycles. The highest BCUT2D eigenvalue weighted by Gasteiger charge is 2.28. The second kappa shape index (κ2) is 6.13. The summed E-state index contributed by atoms with van der Waals surface area (Å²) < 4.78 is 25.9. The Kier molecular flexibility index (Phi) is 4.51. The fourth-order valence-electron chi connectivity index (χ4n) is 2.23. The van der Waals surface area contributed by atoms with Gasteiger partial charge in [0.2, 0.25) is 10.0 Å². The molecular formula is C13H17N3O2S. The molecule has 0 bridgehead atoms. The molecule has 0 aromatic carbocycles. The van der Waals surface area contributed by atoms with Gasteiger partial charge in [0.25, 0.3) is 0 Å². The largest absolute Gasteiger partial charge is 0.265 e. The van der Waals surface area contributed by atoms with Gasteiger partial charge in [-0.1, -0.05) is 0 Å². The van der Waals surface area contributed by atoms with Crippen LogP contribution in [0.4, 0.5) is 0 Å². The third-order valence-electron chi connectivity index (χ3n) is 3.36. The Morgan fingerprint density at radius 2 is 2.16 bits per heavy atom. The first kappa shape index (κ1) is 14.0. The van der Waals surface area contributed by atoms with Gasteiger partial charge in [-0.25, -0.2) is 12.7 Å². The number of aryl methyl sites for hydroxylation is 1. The molecule has 2 rings (SSSR count). The molecule has 0 aliphatic carbocycles. The molecule has 0 saturated carbocycles. The van der Waals surface area contributed by atoms with E-state index in [1.54, 1.807) is 12.4 Å². The zero-order valence-electron chi connectivity index (χ0n) is 10.7. The lowest BCUT2D eigenvalue weighted by atomic mass is 10.0. The normalized spacial score (nSPS) is 20.9. The van der Waals surface area contributed by atoms with Crippen molar-refractivity contribution in [2.45, 2.75) is 19.3 Å². The van der Waals surface area contributed by atoms with Gasteiger partial charge in [-0.2, -0.15) is 5.26 Å². The fourth-order valence-corrected chi connectivity index (χ4v) is 3.79. The number of rotatable bonds is 4. The third-order valence-corrected chi connectivity index (χ3v) is 5.20. The molecule has 1 aromatic rings. The van der Waals surface area contributed by atoms with E-state index in [2.05, 4.69) is 11.1 Å². The zero-order valence-corrected chi connectivity index (χ0v) is 11.5. The SMILES string of the molecule is N#CC1CCCN(S(=O)(=O)CCc2ccncc2)C1. The molecule has 0 radical (unpaired) electrons. The van der Waals surface area contributed by atoms with Gasteiger partial charge in [0.15, 0.2) is 0 Å². The van der Waals surface area contributed by atoms with Crippen LogP contribution in [0.25, 0.3) is 0 Å². The summed E-state index contributed by atoms with van der Waals surface area (Å²) in [5, 5.41) is 8.90. The van der Waals surface area contributed by atoms with Crippen molar-refractivity contribution >= 4 is 10.0 Å². The number of piperidine rings is 1. The lowest BCUT2D eigenvalue weighted by Crippen LogP contribution is -2.41. The minimum atomic E-state index is -3.26. The van der Waals surface area contributed by atoms with Gasteiger partial charge in [0.05, 0.1) is 17.7 Å². The molecule has 1 fully saturated rings. The van der Waals surface area contributed by atoms with E-state index in [4.69, 9.17) is 5.26 Å². The number of hydrogen-bond acceptors (Lipinski definition) is 4. The van der Waals surface area contributed by atoms with Crippen LogP contribution in [0.3, 0.4) is 0 Å². The summed E-state index contributed by atoms with van der Waals surface area (Å²) in [7, 11) is -3.26. The van der Waals surface area contributed by atoms with Crippen molar-refractivity contribution in [2.24, 2.45) is 5.92 Å². The van der Waals surface area contributed by atoms with Crippen LogP contribution in [-0.2, 0) is 16.4 Å². The van der Waals surface area contributed by atoms with Crippen molar-refractivity contribution in [1.29, 1.82) is 5.26 Å². The predicted octanol–water partition coefficient (Wildman–Crippen LogP) is 1.19. The van der Waals surface area contributed by atoms with Crippen LogP contribution in [0.5, 0.6) is 0 Å². The van der Waals surface area contributed by atoms with Crippen LogP contribution >= 0.6 is 0 Å². The van der Waals surface area contributed by atoms with Crippen LogP contribution in [0.2, 0.25) is 0 Å². The minimum absolute atomic E-state index is 0.0924. The zero-order chi connectivity index (χ0) is 13.7. The highest BCUT2D eigenvalue weighted by molar-refractivity contribution is 7.89. The van der Waals surface area contributed by atoms with Gasteiger partial charge in [0.1, 0.15) is 0 Å². The summed E-state index contributed by atoms with van der Waals surface area (Å²) >= 11 is 0. The smallest absolute Gasteiger partial charge is 0.214 e. The van der Waals surface area contributed by atoms with Gasteiger partial charge < -0.3 is 0 Å². The predicted molar refractivity (Wildman–Crippen MR) is 71.6 cm³/mol. The molecule has 2 heterocycles. The van der Waals surface area contributed by atoms with Gasteiger partial charge >= 0.3 is 0 Å². The van der Waals surface area contributed by atoms with Gasteiger partial charge in [-0.3, -0.25) is 4.98 Å². The third kappa shape index (κ3) is 3.75. The second-order valence-electron chi connectivity index (χ2n) is 4.75. The average Bonchev–Trinajstić information content (AvgIpc) is 2.46. The first-order valence-electron chi connectivity index (χ1n) is 6.38. The van der Waals surface area contributed by atoms with E-state index in [9.17, 15) is 8.42 Å². The van der Waals surface area contributed by atoms with E-state index in [-0.39, 0.29) is 11.7 Å². The molecular weight excluding hydrogens is 262 g/mol. The Labute approximate surface area is 113 Å². The molecule has 1 atom stereocenters. The molecule has 1 unspecified atom stereocenters. The second-order valence-corrected chi connectivity index (χ2v) is 6.84. The lowest BCUT2D eigenvalue weighted by molar-refractivity contribution is 0.305. The van der Waals surface area contributed by atoms with E-state index in [1.165, 1.54) is 4.31 Å². The summed E-state index contributed by atoms with van der Waals surface area (Å²) in [5.74, 6) is -0.0701. The number of hydrogen-bond donors (Lipinski definition) is 0. The van der Waals surface area contributed by atoms with Crippen LogP contribution in [0, 0.1) is 17.2 Å². The van der Waals surface area contributed by atoms with Crippen LogP contribution in [0.15, 0.2) is 24.5 Å². The molecule has 5 nitrogen and oxygen atoms in total. The summed E-state index contributed by atoms with van der Waals surface area (Å²) in [4.78, 5) is 3.90. The Morgan fingerprint density at radius 3 is 2.84 bits per heavy atom. The highest BCUT2D eigenvalue weighted by atomic mass is 32.2. The number of nitriles is 1. The number of pyridine rings is 1. The molecule has 19 heavy (non-hydrogen) atoms. The van der Waals surface area contributed by atoms with E-state index < -0.39 is 10.0 Å². The van der Waals surface area contributed by atoms with Crippen molar-refractivity contribution in [2.75, 3.05) is 18.8 Å². The number of aromatic nitrogens is 1. The van der Waals surface area contributed by atoms with Crippen molar-refractivity contribution < 1.29 is 8.42 Å². The van der Waals surface area contributed by atoms with Crippen molar-refractivity contribution in [3.05, 3.63) is 30.1 Å². The topological polar surface area (TPSA) is 74.1 Å². The quantitative estimate of drug-likeness (QED) is 0.829. The number of sulfonamides is 1. The van der Waals surface area contributed by atoms with Crippen LogP contribution in [-0.4, -0.2) is 36.5 Å². The molecule has 0 amide bonds. The Hall–Kier alpha value is -1.45. The van der Waals surface area contributed by atoms with Crippen LogP contribution < -0.4 is 0 Å². The standard InChI is InChI=1S/C13H17N3O2S/c14-10-13-2-1-8-16(11-13)19(17,18)9-5-12-3-6-15-7-4-12/h3-4,6-7,13H,1-2,5,8-9,11H2. The van der Waals surface area contributed by atoms with Gasteiger partial charge in [0, 0.05) is 25.5 Å². The molecule has 6 heteroatoms. The Balaban J connectivity index is 1.97. The maximum atomic E-state index is 12.2. The molecule has 102 valence electrons. The first-order chi connectivity index (χ1) is 9.12. The first-order valence-corrected chi connectivity index (χ1v) is 7.99. The summed E-state index contributed by atoms with van der Waals surface area (Å²) in [6.45, 7) is 0.881. The van der Waals surface area contributed by atoms with E-state index >= 15 is 0 Å². The summed E-state index contributed by atoms with van der Waals surface area (Å²) in [5.41, 5.74) is 0.965. The molecule has 1 aliphatic rings. The van der Waals surface area contributed by atoms with Crippen molar-refractivity contribution in [3.63, 3.8) is 0 Å². The monoisotopic (exact) mass is 279 g/mol. The maximum absolute atomic E-state index is 12.2. The van der Waals surface area contributed by atoms with Crippen LogP contribution in [0.1, 0.15) is 18.4 Å². The highest BCUT2D eigenvalue weighted by Crippen LogP contribution is 2.19. The van der Waals surface area contributed by atoms with E-state index in [0.717, 1.165) is 18.4 Å². The van der Waals surface area contributed by atoms with E-state index in [0.29, 0.717) is 19.5 Å². The number of nitrogens with zero attached hydrogens (tertiary/aromatic N) is 3. The fraction of sp³-hybridized carbons (Fsp3) is 0.538. The summed E-state index contributed by atoms with van der Waals surface area (Å²) in [6.07, 6.45) is 5.38. The summed E-state index contributed by atoms with van der Waals surface area (Å²) in [6, 6.07) is 5.81. The Morgan fingerprint density at radius 1 is 1.42 bits per heavy atom. The average molecular weight is 279 g/mol. The van der Waals surface area contributed by atoms with Crippen molar-refractivity contribution in [3.8, 4) is 6.07 Å². The van der Waals surface area contributed by atoms with Gasteiger partial charge in [-0.15, -0.1) is 0 Å². The molecule has 1 aromatic heterocycles. The Bertz CT molecular complexity index is 551. The maximum Gasteiger partial charge on any atom is 0.214 e. The minimum Gasteiger partial charge on any atom is -0.265 e. The van der Waals surface area contributed by atoms with Crippen molar-refractivity contribution in [1.82, 2.24) is 9.29 Å². The molecule has 0 spiro atoms. The molecule has 0 N–H and O–H groups in total. The van der Waals surface area contributed by atoms with Gasteiger partial charge in [-0.05, 0) is 37.0 Å². The van der Waals surface area contributed by atoms with E-state index in [1.807, 2.05) is 12.1 Å². The molecule has 1 saturated heterocycles. The lowest BCUT2D eigenvalue weighted by Gasteiger charge is -2.28.